The predicted octanol–water partition coefficient (Wildman–Crippen LogP) is 5.93. The van der Waals surface area contributed by atoms with Crippen molar-refractivity contribution in [3.63, 3.8) is 0 Å². The minimum absolute atomic E-state index is 0.0321. The van der Waals surface area contributed by atoms with Gasteiger partial charge in [-0.1, -0.05) is 75.1 Å². The SMILES string of the molecule is CCCCCCCc1ccc(C(=O)NNC(=O)C2CCC(c3ccccc3)CC2)cc1. The number of unbranched alkanes of at least 4 members (excludes halogenated alkanes) is 4. The molecular formula is C27H36N2O2. The lowest BCUT2D eigenvalue weighted by molar-refractivity contribution is -0.126. The van der Waals surface area contributed by atoms with E-state index in [9.17, 15) is 9.59 Å². The first-order valence-electron chi connectivity index (χ1n) is 11.9. The number of benzene rings is 2. The van der Waals surface area contributed by atoms with Crippen LogP contribution in [0.25, 0.3) is 0 Å². The van der Waals surface area contributed by atoms with E-state index in [1.54, 1.807) is 0 Å². The van der Waals surface area contributed by atoms with Gasteiger partial charge in [0.05, 0.1) is 0 Å². The monoisotopic (exact) mass is 420 g/mol. The Bertz CT molecular complexity index is 809. The van der Waals surface area contributed by atoms with Crippen LogP contribution in [0.5, 0.6) is 0 Å². The van der Waals surface area contributed by atoms with Gasteiger partial charge in [0.1, 0.15) is 0 Å². The molecule has 31 heavy (non-hydrogen) atoms. The molecule has 0 aromatic heterocycles. The molecule has 2 N–H and O–H groups in total. The Kier molecular flexibility index (Phi) is 9.14. The number of hydrazine groups is 1. The summed E-state index contributed by atoms with van der Waals surface area (Å²) >= 11 is 0. The number of amides is 2. The first-order chi connectivity index (χ1) is 15.2. The fraction of sp³-hybridized carbons (Fsp3) is 0.481. The summed E-state index contributed by atoms with van der Waals surface area (Å²) in [5.74, 6) is 0.157. The van der Waals surface area contributed by atoms with Gasteiger partial charge in [-0.2, -0.15) is 0 Å². The standard InChI is InChI=1S/C27H36N2O2/c1-2-3-4-5-7-10-21-13-15-24(16-14-21)26(30)28-29-27(31)25-19-17-23(18-20-25)22-11-8-6-9-12-22/h6,8-9,11-16,23,25H,2-5,7,10,17-20H2,1H3,(H,28,30)(H,29,31). The zero-order valence-electron chi connectivity index (χ0n) is 18.7. The van der Waals surface area contributed by atoms with Crippen molar-refractivity contribution in [2.75, 3.05) is 0 Å². The number of hydrogen-bond donors (Lipinski definition) is 2. The minimum atomic E-state index is -0.263. The fourth-order valence-corrected chi connectivity index (χ4v) is 4.46. The summed E-state index contributed by atoms with van der Waals surface area (Å²) in [6.07, 6.45) is 11.1. The molecule has 1 aliphatic carbocycles. The van der Waals surface area contributed by atoms with Crippen LogP contribution in [0.3, 0.4) is 0 Å². The first-order valence-corrected chi connectivity index (χ1v) is 11.9. The van der Waals surface area contributed by atoms with Gasteiger partial charge < -0.3 is 0 Å². The van der Waals surface area contributed by atoms with Crippen LogP contribution in [0.2, 0.25) is 0 Å². The quantitative estimate of drug-likeness (QED) is 0.390. The van der Waals surface area contributed by atoms with Crippen molar-refractivity contribution >= 4 is 11.8 Å². The third-order valence-electron chi connectivity index (χ3n) is 6.45. The maximum atomic E-state index is 12.5. The lowest BCUT2D eigenvalue weighted by Gasteiger charge is -2.28. The zero-order chi connectivity index (χ0) is 21.9. The molecule has 2 aromatic rings. The number of nitrogens with one attached hydrogen (secondary N) is 2. The predicted molar refractivity (Wildman–Crippen MR) is 126 cm³/mol. The van der Waals surface area contributed by atoms with Crippen molar-refractivity contribution in [3.8, 4) is 0 Å². The molecule has 0 aliphatic heterocycles. The Morgan fingerprint density at radius 2 is 1.48 bits per heavy atom. The fourth-order valence-electron chi connectivity index (χ4n) is 4.46. The van der Waals surface area contributed by atoms with E-state index in [2.05, 4.69) is 42.0 Å². The summed E-state index contributed by atoms with van der Waals surface area (Å²) in [6, 6.07) is 18.2. The minimum Gasteiger partial charge on any atom is -0.273 e. The van der Waals surface area contributed by atoms with Crippen LogP contribution in [-0.4, -0.2) is 11.8 Å². The molecule has 0 radical (unpaired) electrons. The lowest BCUT2D eigenvalue weighted by Crippen LogP contribution is -2.45. The van der Waals surface area contributed by atoms with E-state index in [0.29, 0.717) is 11.5 Å². The maximum Gasteiger partial charge on any atom is 0.269 e. The third-order valence-corrected chi connectivity index (χ3v) is 6.45. The molecule has 0 heterocycles. The molecule has 1 saturated carbocycles. The van der Waals surface area contributed by atoms with Gasteiger partial charge in [-0.25, -0.2) is 0 Å². The highest BCUT2D eigenvalue weighted by Gasteiger charge is 2.27. The first kappa shape index (κ1) is 23.1. The van der Waals surface area contributed by atoms with Gasteiger partial charge in [0.25, 0.3) is 5.91 Å². The van der Waals surface area contributed by atoms with E-state index < -0.39 is 0 Å². The van der Waals surface area contributed by atoms with E-state index >= 15 is 0 Å². The molecule has 0 atom stereocenters. The summed E-state index contributed by atoms with van der Waals surface area (Å²) in [7, 11) is 0. The highest BCUT2D eigenvalue weighted by atomic mass is 16.2. The summed E-state index contributed by atoms with van der Waals surface area (Å²) in [6.45, 7) is 2.22. The van der Waals surface area contributed by atoms with E-state index in [4.69, 9.17) is 0 Å². The normalized spacial score (nSPS) is 18.4. The van der Waals surface area contributed by atoms with Crippen molar-refractivity contribution in [1.29, 1.82) is 0 Å². The van der Waals surface area contributed by atoms with Gasteiger partial charge in [0.2, 0.25) is 5.91 Å². The van der Waals surface area contributed by atoms with E-state index in [0.717, 1.165) is 32.1 Å². The molecule has 1 fully saturated rings. The van der Waals surface area contributed by atoms with Crippen LogP contribution >= 0.6 is 0 Å². The van der Waals surface area contributed by atoms with E-state index in [1.807, 2.05) is 30.3 Å². The van der Waals surface area contributed by atoms with Crippen molar-refractivity contribution < 1.29 is 9.59 Å². The molecule has 2 aromatic carbocycles. The zero-order valence-corrected chi connectivity index (χ0v) is 18.7. The second-order valence-electron chi connectivity index (χ2n) is 8.76. The van der Waals surface area contributed by atoms with Crippen LogP contribution < -0.4 is 10.9 Å². The van der Waals surface area contributed by atoms with Gasteiger partial charge in [0.15, 0.2) is 0 Å². The second kappa shape index (κ2) is 12.3. The Labute approximate surface area is 186 Å². The van der Waals surface area contributed by atoms with Crippen molar-refractivity contribution in [2.24, 2.45) is 5.92 Å². The number of rotatable bonds is 9. The van der Waals surface area contributed by atoms with Crippen molar-refractivity contribution in [1.82, 2.24) is 10.9 Å². The third kappa shape index (κ3) is 7.23. The van der Waals surface area contributed by atoms with E-state index in [-0.39, 0.29) is 17.7 Å². The Morgan fingerprint density at radius 3 is 2.16 bits per heavy atom. The Morgan fingerprint density at radius 1 is 0.806 bits per heavy atom. The molecule has 1 aliphatic rings. The van der Waals surface area contributed by atoms with Gasteiger partial charge in [0, 0.05) is 11.5 Å². The molecule has 2 amide bonds. The molecule has 0 spiro atoms. The van der Waals surface area contributed by atoms with Gasteiger partial charge >= 0.3 is 0 Å². The second-order valence-corrected chi connectivity index (χ2v) is 8.76. The molecule has 166 valence electrons. The summed E-state index contributed by atoms with van der Waals surface area (Å²) in [5, 5.41) is 0. The Hall–Kier alpha value is -2.62. The molecule has 0 saturated heterocycles. The number of hydrogen-bond acceptors (Lipinski definition) is 2. The van der Waals surface area contributed by atoms with Crippen LogP contribution in [0.4, 0.5) is 0 Å². The summed E-state index contributed by atoms with van der Waals surface area (Å²) in [5.41, 5.74) is 8.41. The van der Waals surface area contributed by atoms with Crippen LogP contribution in [0.1, 0.15) is 92.1 Å². The highest BCUT2D eigenvalue weighted by Crippen LogP contribution is 2.35. The average Bonchev–Trinajstić information content (AvgIpc) is 2.83. The van der Waals surface area contributed by atoms with Crippen LogP contribution in [0, 0.1) is 5.92 Å². The Balaban J connectivity index is 1.37. The topological polar surface area (TPSA) is 58.2 Å². The largest absolute Gasteiger partial charge is 0.273 e. The molecule has 3 rings (SSSR count). The number of aryl methyl sites for hydroxylation is 1. The smallest absolute Gasteiger partial charge is 0.269 e. The molecular weight excluding hydrogens is 384 g/mol. The maximum absolute atomic E-state index is 12.5. The van der Waals surface area contributed by atoms with Gasteiger partial charge in [-0.05, 0) is 67.7 Å². The molecule has 0 unspecified atom stereocenters. The summed E-state index contributed by atoms with van der Waals surface area (Å²) in [4.78, 5) is 24.9. The van der Waals surface area contributed by atoms with Crippen molar-refractivity contribution in [2.45, 2.75) is 77.0 Å². The van der Waals surface area contributed by atoms with Crippen LogP contribution in [0.15, 0.2) is 54.6 Å². The highest BCUT2D eigenvalue weighted by molar-refractivity contribution is 5.95. The van der Waals surface area contributed by atoms with E-state index in [1.165, 1.54) is 43.2 Å². The van der Waals surface area contributed by atoms with Gasteiger partial charge in [-0.15, -0.1) is 0 Å². The van der Waals surface area contributed by atoms with Gasteiger partial charge in [-0.3, -0.25) is 20.4 Å². The molecule has 4 heteroatoms. The van der Waals surface area contributed by atoms with Crippen molar-refractivity contribution in [3.05, 3.63) is 71.3 Å². The molecule has 4 nitrogen and oxygen atoms in total. The average molecular weight is 421 g/mol. The number of carbonyl (C=O) groups excluding carboxylic acids is 2. The number of carbonyl (C=O) groups is 2. The summed E-state index contributed by atoms with van der Waals surface area (Å²) < 4.78 is 0. The molecule has 0 bridgehead atoms. The van der Waals surface area contributed by atoms with Crippen LogP contribution in [-0.2, 0) is 11.2 Å². The lowest BCUT2D eigenvalue weighted by atomic mass is 9.78.